The van der Waals surface area contributed by atoms with E-state index in [1.807, 2.05) is 17.0 Å². The third kappa shape index (κ3) is 4.15. The second-order valence-corrected chi connectivity index (χ2v) is 5.19. The van der Waals surface area contributed by atoms with Gasteiger partial charge in [0.25, 0.3) is 5.91 Å². The van der Waals surface area contributed by atoms with Gasteiger partial charge in [-0.3, -0.25) is 4.79 Å². The molecule has 0 aliphatic carbocycles. The van der Waals surface area contributed by atoms with Crippen LogP contribution in [0.25, 0.3) is 0 Å². The van der Waals surface area contributed by atoms with Gasteiger partial charge in [-0.2, -0.15) is 4.57 Å². The van der Waals surface area contributed by atoms with Crippen LogP contribution in [0.4, 0.5) is 5.82 Å². The highest BCUT2D eigenvalue weighted by molar-refractivity contribution is 5.88. The third-order valence-corrected chi connectivity index (χ3v) is 3.60. The molecule has 0 atom stereocenters. The Hall–Kier alpha value is -2.17. The number of pyridine rings is 1. The van der Waals surface area contributed by atoms with E-state index in [4.69, 9.17) is 4.52 Å². The number of hydrogen-bond acceptors (Lipinski definition) is 3. The lowest BCUT2D eigenvalue weighted by Crippen LogP contribution is -2.39. The maximum Gasteiger partial charge on any atom is 0.291 e. The second kappa shape index (κ2) is 7.02. The first kappa shape index (κ1) is 15.2. The molecule has 2 rings (SSSR count). The molecular formula is C16H22N3O2+. The number of amides is 1. The van der Waals surface area contributed by atoms with Crippen LogP contribution >= 0.6 is 0 Å². The molecule has 1 amide bonds. The van der Waals surface area contributed by atoms with Crippen LogP contribution in [0, 0.1) is 6.92 Å². The molecule has 0 bridgehead atoms. The maximum atomic E-state index is 11.9. The van der Waals surface area contributed by atoms with Gasteiger partial charge >= 0.3 is 0 Å². The second-order valence-electron chi connectivity index (χ2n) is 5.19. The Morgan fingerprint density at radius 2 is 2.00 bits per heavy atom. The Bertz CT molecular complexity index is 586. The van der Waals surface area contributed by atoms with E-state index in [9.17, 15) is 4.79 Å². The van der Waals surface area contributed by atoms with Crippen molar-refractivity contribution >= 4 is 11.7 Å². The Morgan fingerprint density at radius 3 is 2.52 bits per heavy atom. The van der Waals surface area contributed by atoms with Crippen LogP contribution in [-0.4, -0.2) is 11.1 Å². The molecule has 5 heteroatoms. The molecule has 2 aromatic rings. The summed E-state index contributed by atoms with van der Waals surface area (Å²) in [4.78, 5) is 11.9. The lowest BCUT2D eigenvalue weighted by atomic mass is 9.95. The number of carbonyl (C=O) groups excluding carboxylic acids is 1. The zero-order valence-electron chi connectivity index (χ0n) is 12.8. The van der Waals surface area contributed by atoms with Crippen molar-refractivity contribution in [3.05, 3.63) is 41.9 Å². The van der Waals surface area contributed by atoms with E-state index in [0.717, 1.165) is 12.8 Å². The van der Waals surface area contributed by atoms with Gasteiger partial charge < -0.3 is 9.84 Å². The molecule has 0 fully saturated rings. The fourth-order valence-corrected chi connectivity index (χ4v) is 2.38. The molecule has 0 spiro atoms. The Kier molecular flexibility index (Phi) is 5.09. The highest BCUT2D eigenvalue weighted by Gasteiger charge is 2.13. The number of aromatic nitrogens is 2. The third-order valence-electron chi connectivity index (χ3n) is 3.60. The van der Waals surface area contributed by atoms with Gasteiger partial charge in [0, 0.05) is 18.2 Å². The predicted molar refractivity (Wildman–Crippen MR) is 79.8 cm³/mol. The van der Waals surface area contributed by atoms with Gasteiger partial charge in [-0.1, -0.05) is 19.0 Å². The highest BCUT2D eigenvalue weighted by atomic mass is 16.5. The van der Waals surface area contributed by atoms with Crippen molar-refractivity contribution in [3.63, 3.8) is 0 Å². The van der Waals surface area contributed by atoms with Crippen LogP contribution in [0.5, 0.6) is 0 Å². The number of nitrogens with zero attached hydrogens (tertiary/aromatic N) is 2. The minimum Gasteiger partial charge on any atom is -0.360 e. The van der Waals surface area contributed by atoms with E-state index in [1.165, 1.54) is 5.56 Å². The number of carbonyl (C=O) groups is 1. The molecule has 2 aromatic heterocycles. The fourth-order valence-electron chi connectivity index (χ4n) is 2.38. The van der Waals surface area contributed by atoms with Gasteiger partial charge in [0.15, 0.2) is 18.2 Å². The summed E-state index contributed by atoms with van der Waals surface area (Å²) in [5, 5.41) is 6.45. The first-order valence-electron chi connectivity index (χ1n) is 7.34. The number of nitrogens with one attached hydrogen (secondary N) is 1. The first-order valence-corrected chi connectivity index (χ1v) is 7.34. The number of rotatable bonds is 6. The van der Waals surface area contributed by atoms with Crippen molar-refractivity contribution in [1.29, 1.82) is 0 Å². The average molecular weight is 288 g/mol. The van der Waals surface area contributed by atoms with Crippen LogP contribution < -0.4 is 9.88 Å². The predicted octanol–water partition coefficient (Wildman–Crippen LogP) is 2.81. The molecule has 0 aliphatic heterocycles. The van der Waals surface area contributed by atoms with E-state index in [2.05, 4.69) is 36.5 Å². The molecule has 1 N–H and O–H groups in total. The van der Waals surface area contributed by atoms with Crippen LogP contribution in [0.3, 0.4) is 0 Å². The molecule has 0 unspecified atom stereocenters. The van der Waals surface area contributed by atoms with Crippen molar-refractivity contribution < 1.29 is 13.9 Å². The van der Waals surface area contributed by atoms with Crippen LogP contribution in [0.15, 0.2) is 35.1 Å². The van der Waals surface area contributed by atoms with E-state index in [0.29, 0.717) is 17.5 Å². The molecule has 0 aliphatic rings. The summed E-state index contributed by atoms with van der Waals surface area (Å²) in [7, 11) is 0. The lowest BCUT2D eigenvalue weighted by Gasteiger charge is -2.11. The summed E-state index contributed by atoms with van der Waals surface area (Å²) >= 11 is 0. The van der Waals surface area contributed by atoms with Gasteiger partial charge in [0.2, 0.25) is 6.54 Å². The maximum absolute atomic E-state index is 11.9. The number of anilines is 1. The quantitative estimate of drug-likeness (QED) is 0.831. The number of hydrogen-bond donors (Lipinski definition) is 1. The van der Waals surface area contributed by atoms with Gasteiger partial charge in [0.1, 0.15) is 5.76 Å². The van der Waals surface area contributed by atoms with Gasteiger partial charge in [0.05, 0.1) is 0 Å². The fraction of sp³-hybridized carbons (Fsp3) is 0.438. The van der Waals surface area contributed by atoms with E-state index < -0.39 is 0 Å². The van der Waals surface area contributed by atoms with E-state index >= 15 is 0 Å². The van der Waals surface area contributed by atoms with Gasteiger partial charge in [-0.25, -0.2) is 0 Å². The average Bonchev–Trinajstić information content (AvgIpc) is 2.87. The summed E-state index contributed by atoms with van der Waals surface area (Å²) in [6.07, 6.45) is 6.15. The molecule has 0 radical (unpaired) electrons. The number of aryl methyl sites for hydroxylation is 1. The molecule has 5 nitrogen and oxygen atoms in total. The summed E-state index contributed by atoms with van der Waals surface area (Å²) in [6.45, 7) is 6.44. The minimum atomic E-state index is -0.122. The van der Waals surface area contributed by atoms with Gasteiger partial charge in [-0.15, -0.1) is 0 Å². The Labute approximate surface area is 125 Å². The zero-order valence-corrected chi connectivity index (χ0v) is 12.8. The molecule has 0 saturated heterocycles. The lowest BCUT2D eigenvalue weighted by molar-refractivity contribution is -0.684. The Balaban J connectivity index is 1.95. The van der Waals surface area contributed by atoms with Crippen molar-refractivity contribution in [2.45, 2.75) is 46.1 Å². The minimum absolute atomic E-state index is 0.122. The summed E-state index contributed by atoms with van der Waals surface area (Å²) < 4.78 is 6.77. The van der Waals surface area contributed by atoms with Crippen LogP contribution in [0.1, 0.15) is 43.9 Å². The van der Waals surface area contributed by atoms with E-state index in [1.54, 1.807) is 13.0 Å². The molecule has 2 heterocycles. The normalized spacial score (nSPS) is 10.9. The molecule has 0 saturated carbocycles. The van der Waals surface area contributed by atoms with Crippen LogP contribution in [0.2, 0.25) is 0 Å². The Morgan fingerprint density at radius 1 is 1.33 bits per heavy atom. The van der Waals surface area contributed by atoms with Crippen molar-refractivity contribution in [2.75, 3.05) is 5.32 Å². The summed E-state index contributed by atoms with van der Waals surface area (Å²) in [5.74, 6) is 1.59. The largest absolute Gasteiger partial charge is 0.360 e. The monoisotopic (exact) mass is 288 g/mol. The standard InChI is InChI=1S/C16H21N3O2/c1-4-13(5-2)14-6-8-19(9-7-14)11-16(20)17-15-10-12(3)21-18-15/h6-10,13H,4-5,11H2,1-3H3/p+1. The first-order chi connectivity index (χ1) is 10.1. The van der Waals surface area contributed by atoms with Crippen molar-refractivity contribution in [1.82, 2.24) is 5.16 Å². The zero-order chi connectivity index (χ0) is 15.2. The molecule has 0 aromatic carbocycles. The SMILES string of the molecule is CCC(CC)c1cc[n+](CC(=O)Nc2cc(C)on2)cc1. The highest BCUT2D eigenvalue weighted by Crippen LogP contribution is 2.21. The topological polar surface area (TPSA) is 59.0 Å². The molecule has 112 valence electrons. The smallest absolute Gasteiger partial charge is 0.291 e. The molecular weight excluding hydrogens is 266 g/mol. The summed E-state index contributed by atoms with van der Waals surface area (Å²) in [5.41, 5.74) is 1.32. The van der Waals surface area contributed by atoms with Crippen molar-refractivity contribution in [3.8, 4) is 0 Å². The molecule has 21 heavy (non-hydrogen) atoms. The summed E-state index contributed by atoms with van der Waals surface area (Å²) in [6, 6.07) is 5.87. The van der Waals surface area contributed by atoms with Crippen molar-refractivity contribution in [2.24, 2.45) is 0 Å². The van der Waals surface area contributed by atoms with Gasteiger partial charge in [-0.05, 0) is 31.2 Å². The van der Waals surface area contributed by atoms with E-state index in [-0.39, 0.29) is 12.5 Å². The van der Waals surface area contributed by atoms with Crippen LogP contribution in [-0.2, 0) is 11.3 Å².